The number of rotatable bonds is 4. The summed E-state index contributed by atoms with van der Waals surface area (Å²) in [5, 5.41) is 3.92. The van der Waals surface area contributed by atoms with E-state index in [1.54, 1.807) is 0 Å². The number of nitrogens with zero attached hydrogens (tertiary/aromatic N) is 1. The zero-order valence-corrected chi connectivity index (χ0v) is 14.0. The highest BCUT2D eigenvalue weighted by Gasteiger charge is 2.32. The fourth-order valence-corrected chi connectivity index (χ4v) is 3.67. The first-order valence-electron chi connectivity index (χ1n) is 7.42. The molecule has 0 aliphatic carbocycles. The molecule has 1 atom stereocenters. The van der Waals surface area contributed by atoms with Crippen molar-refractivity contribution in [1.82, 2.24) is 5.32 Å². The lowest BCUT2D eigenvalue weighted by Gasteiger charge is -2.42. The third-order valence-electron chi connectivity index (χ3n) is 3.37. The van der Waals surface area contributed by atoms with Gasteiger partial charge >= 0.3 is 0 Å². The first kappa shape index (κ1) is 16.1. The molecule has 1 unspecified atom stereocenters. The maximum atomic E-state index is 12.1. The maximum Gasteiger partial charge on any atom is 0.263 e. The molecule has 0 aromatic carbocycles. The van der Waals surface area contributed by atoms with Crippen molar-refractivity contribution in [3.63, 3.8) is 0 Å². The smallest absolute Gasteiger partial charge is 0.263 e. The number of amides is 1. The van der Waals surface area contributed by atoms with Crippen molar-refractivity contribution in [3.8, 4) is 0 Å². The molecule has 1 aromatic rings. The quantitative estimate of drug-likeness (QED) is 0.896. The van der Waals surface area contributed by atoms with Gasteiger partial charge in [0.1, 0.15) is 4.88 Å². The standard InChI is InChI=1S/C15H25N3O2S/c1-5-6-17-14(19)13-11(16)7-12(21-13)18-8-10(2)20-15(3,4)9-18/h7,10H,5-6,8-9,16H2,1-4H3,(H,17,19). The average Bonchev–Trinajstić information content (AvgIpc) is 2.76. The van der Waals surface area contributed by atoms with Gasteiger partial charge in [-0.3, -0.25) is 4.79 Å². The van der Waals surface area contributed by atoms with E-state index in [9.17, 15) is 4.79 Å². The predicted molar refractivity (Wildman–Crippen MR) is 88.2 cm³/mol. The van der Waals surface area contributed by atoms with Crippen molar-refractivity contribution in [2.75, 3.05) is 30.3 Å². The van der Waals surface area contributed by atoms with Crippen LogP contribution in [0.4, 0.5) is 10.7 Å². The second-order valence-corrected chi connectivity index (χ2v) is 7.22. The SMILES string of the molecule is CCCNC(=O)c1sc(N2CC(C)OC(C)(C)C2)cc1N. The van der Waals surface area contributed by atoms with E-state index >= 15 is 0 Å². The summed E-state index contributed by atoms with van der Waals surface area (Å²) in [7, 11) is 0. The summed E-state index contributed by atoms with van der Waals surface area (Å²) >= 11 is 1.46. The molecule has 1 saturated heterocycles. The number of hydrogen-bond acceptors (Lipinski definition) is 5. The van der Waals surface area contributed by atoms with Gasteiger partial charge in [0.15, 0.2) is 0 Å². The highest BCUT2D eigenvalue weighted by Crippen LogP contribution is 2.35. The van der Waals surface area contributed by atoms with Crippen LogP contribution in [0.25, 0.3) is 0 Å². The lowest BCUT2D eigenvalue weighted by atomic mass is 10.1. The van der Waals surface area contributed by atoms with Crippen LogP contribution in [-0.4, -0.2) is 37.2 Å². The molecule has 5 nitrogen and oxygen atoms in total. The molecule has 2 heterocycles. The van der Waals surface area contributed by atoms with E-state index < -0.39 is 0 Å². The van der Waals surface area contributed by atoms with E-state index in [1.807, 2.05) is 13.0 Å². The molecule has 0 radical (unpaired) electrons. The van der Waals surface area contributed by atoms with Crippen molar-refractivity contribution in [2.24, 2.45) is 0 Å². The van der Waals surface area contributed by atoms with E-state index in [4.69, 9.17) is 10.5 Å². The molecule has 0 spiro atoms. The van der Waals surface area contributed by atoms with Crippen LogP contribution in [0.15, 0.2) is 6.07 Å². The number of ether oxygens (including phenoxy) is 1. The van der Waals surface area contributed by atoms with Gasteiger partial charge < -0.3 is 20.7 Å². The normalized spacial score (nSPS) is 21.3. The second-order valence-electron chi connectivity index (χ2n) is 6.19. The average molecular weight is 311 g/mol. The minimum absolute atomic E-state index is 0.0776. The first-order chi connectivity index (χ1) is 9.82. The first-order valence-corrected chi connectivity index (χ1v) is 8.24. The van der Waals surface area contributed by atoms with Gasteiger partial charge in [-0.15, -0.1) is 11.3 Å². The van der Waals surface area contributed by atoms with Crippen molar-refractivity contribution in [3.05, 3.63) is 10.9 Å². The number of morpholine rings is 1. The minimum Gasteiger partial charge on any atom is -0.397 e. The van der Waals surface area contributed by atoms with Crippen LogP contribution in [0.1, 0.15) is 43.8 Å². The van der Waals surface area contributed by atoms with E-state index in [-0.39, 0.29) is 17.6 Å². The molecule has 3 N–H and O–H groups in total. The van der Waals surface area contributed by atoms with Crippen LogP contribution in [0.5, 0.6) is 0 Å². The molecule has 21 heavy (non-hydrogen) atoms. The fourth-order valence-electron chi connectivity index (χ4n) is 2.67. The fraction of sp³-hybridized carbons (Fsp3) is 0.667. The third-order valence-corrected chi connectivity index (χ3v) is 4.58. The van der Waals surface area contributed by atoms with E-state index in [1.165, 1.54) is 11.3 Å². The number of nitrogens with one attached hydrogen (secondary N) is 1. The monoisotopic (exact) mass is 311 g/mol. The van der Waals surface area contributed by atoms with Crippen LogP contribution in [-0.2, 0) is 4.74 Å². The van der Waals surface area contributed by atoms with Gasteiger partial charge in [0, 0.05) is 19.6 Å². The summed E-state index contributed by atoms with van der Waals surface area (Å²) in [6.07, 6.45) is 1.08. The summed E-state index contributed by atoms with van der Waals surface area (Å²) in [6, 6.07) is 1.90. The highest BCUT2D eigenvalue weighted by atomic mass is 32.1. The number of nitrogen functional groups attached to an aromatic ring is 1. The molecule has 1 aliphatic heterocycles. The number of nitrogens with two attached hydrogens (primary N) is 1. The predicted octanol–water partition coefficient (Wildman–Crippen LogP) is 2.47. The summed E-state index contributed by atoms with van der Waals surface area (Å²) in [4.78, 5) is 15.0. The minimum atomic E-state index is -0.193. The molecule has 1 aliphatic rings. The second kappa shape index (κ2) is 6.23. The van der Waals surface area contributed by atoms with E-state index in [0.29, 0.717) is 17.1 Å². The van der Waals surface area contributed by atoms with Crippen LogP contribution in [0.2, 0.25) is 0 Å². The van der Waals surface area contributed by atoms with Crippen LogP contribution < -0.4 is 16.0 Å². The zero-order valence-electron chi connectivity index (χ0n) is 13.2. The molecule has 1 aromatic heterocycles. The third kappa shape index (κ3) is 3.89. The number of hydrogen-bond donors (Lipinski definition) is 2. The zero-order chi connectivity index (χ0) is 15.6. The summed E-state index contributed by atoms with van der Waals surface area (Å²) in [6.45, 7) is 10.6. The van der Waals surface area contributed by atoms with Gasteiger partial charge in [0.05, 0.1) is 22.4 Å². The van der Waals surface area contributed by atoms with Crippen molar-refractivity contribution in [2.45, 2.75) is 45.8 Å². The van der Waals surface area contributed by atoms with Crippen LogP contribution >= 0.6 is 11.3 Å². The number of thiophene rings is 1. The molecule has 6 heteroatoms. The van der Waals surface area contributed by atoms with Gasteiger partial charge in [-0.2, -0.15) is 0 Å². The van der Waals surface area contributed by atoms with Crippen LogP contribution in [0, 0.1) is 0 Å². The summed E-state index contributed by atoms with van der Waals surface area (Å²) in [5.41, 5.74) is 6.38. The topological polar surface area (TPSA) is 67.6 Å². The van der Waals surface area contributed by atoms with Crippen molar-refractivity contribution in [1.29, 1.82) is 0 Å². The summed E-state index contributed by atoms with van der Waals surface area (Å²) in [5.74, 6) is -0.0776. The molecule has 0 saturated carbocycles. The number of carbonyl (C=O) groups is 1. The van der Waals surface area contributed by atoms with Crippen LogP contribution in [0.3, 0.4) is 0 Å². The highest BCUT2D eigenvalue weighted by molar-refractivity contribution is 7.18. The largest absolute Gasteiger partial charge is 0.397 e. The Hall–Kier alpha value is -1.27. The van der Waals surface area contributed by atoms with Crippen molar-refractivity contribution < 1.29 is 9.53 Å². The molecule has 1 amide bonds. The lowest BCUT2D eigenvalue weighted by Crippen LogP contribution is -2.51. The molecule has 0 bridgehead atoms. The molecule has 118 valence electrons. The molecular formula is C15H25N3O2S. The van der Waals surface area contributed by atoms with Crippen molar-refractivity contribution >= 4 is 27.9 Å². The lowest BCUT2D eigenvalue weighted by molar-refractivity contribution is -0.0748. The van der Waals surface area contributed by atoms with Gasteiger partial charge in [0.2, 0.25) is 0 Å². The number of anilines is 2. The van der Waals surface area contributed by atoms with Gasteiger partial charge in [0.25, 0.3) is 5.91 Å². The molecule has 2 rings (SSSR count). The van der Waals surface area contributed by atoms with E-state index in [0.717, 1.165) is 24.5 Å². The Morgan fingerprint density at radius 3 is 2.95 bits per heavy atom. The molecular weight excluding hydrogens is 286 g/mol. The Morgan fingerprint density at radius 1 is 1.62 bits per heavy atom. The van der Waals surface area contributed by atoms with Gasteiger partial charge in [-0.1, -0.05) is 6.92 Å². The Kier molecular flexibility index (Phi) is 4.78. The Balaban J connectivity index is 2.16. The van der Waals surface area contributed by atoms with E-state index in [2.05, 4.69) is 31.0 Å². The Labute approximate surface area is 130 Å². The number of carbonyl (C=O) groups excluding carboxylic acids is 1. The van der Waals surface area contributed by atoms with Gasteiger partial charge in [-0.25, -0.2) is 0 Å². The Bertz CT molecular complexity index is 513. The summed E-state index contributed by atoms with van der Waals surface area (Å²) < 4.78 is 5.92. The maximum absolute atomic E-state index is 12.1. The Morgan fingerprint density at radius 2 is 2.33 bits per heavy atom. The molecule has 1 fully saturated rings. The van der Waals surface area contributed by atoms with Gasteiger partial charge in [-0.05, 0) is 33.3 Å².